The number of benzene rings is 3. The number of anilines is 1. The van der Waals surface area contributed by atoms with E-state index in [1.54, 1.807) is 24.3 Å². The van der Waals surface area contributed by atoms with Crippen LogP contribution in [0.15, 0.2) is 93.2 Å². The summed E-state index contributed by atoms with van der Waals surface area (Å²) < 4.78 is 45.5. The molecule has 0 saturated heterocycles. The number of halogens is 2. The smallest absolute Gasteiger partial charge is 0.233 e. The molecular formula is C23H18ClFN2O3S. The fourth-order valence-electron chi connectivity index (χ4n) is 3.04. The average Bonchev–Trinajstić information content (AvgIpc) is 3.20. The first-order valence-electron chi connectivity index (χ1n) is 9.49. The zero-order chi connectivity index (χ0) is 21.8. The van der Waals surface area contributed by atoms with Gasteiger partial charge < -0.3 is 9.73 Å². The summed E-state index contributed by atoms with van der Waals surface area (Å²) in [5.41, 5.74) is 1.56. The molecule has 1 N–H and O–H groups in total. The Labute approximate surface area is 184 Å². The molecule has 0 bridgehead atoms. The zero-order valence-electron chi connectivity index (χ0n) is 16.3. The highest BCUT2D eigenvalue weighted by atomic mass is 35.5. The molecule has 5 nitrogen and oxygen atoms in total. The van der Waals surface area contributed by atoms with Crippen molar-refractivity contribution in [3.63, 3.8) is 0 Å². The van der Waals surface area contributed by atoms with E-state index in [2.05, 4.69) is 10.3 Å². The third kappa shape index (κ3) is 4.62. The second kappa shape index (κ2) is 8.91. The highest BCUT2D eigenvalue weighted by Gasteiger charge is 2.29. The summed E-state index contributed by atoms with van der Waals surface area (Å²) in [5, 5.41) is 3.14. The van der Waals surface area contributed by atoms with E-state index < -0.39 is 15.7 Å². The molecule has 1 heterocycles. The maximum Gasteiger partial charge on any atom is 0.233 e. The number of aromatic nitrogens is 1. The van der Waals surface area contributed by atoms with Crippen LogP contribution in [-0.2, 0) is 16.3 Å². The quantitative estimate of drug-likeness (QED) is 0.365. The van der Waals surface area contributed by atoms with Gasteiger partial charge in [0.15, 0.2) is 0 Å². The van der Waals surface area contributed by atoms with Gasteiger partial charge in [0.2, 0.25) is 26.6 Å². The minimum absolute atomic E-state index is 0.00942. The number of nitrogens with one attached hydrogen (secondary N) is 1. The first-order valence-corrected chi connectivity index (χ1v) is 11.4. The van der Waals surface area contributed by atoms with Crippen molar-refractivity contribution in [3.05, 3.63) is 95.3 Å². The highest BCUT2D eigenvalue weighted by molar-refractivity contribution is 7.91. The van der Waals surface area contributed by atoms with Crippen LogP contribution in [0.25, 0.3) is 11.5 Å². The van der Waals surface area contributed by atoms with Gasteiger partial charge in [-0.15, -0.1) is 0 Å². The Morgan fingerprint density at radius 2 is 1.61 bits per heavy atom. The third-order valence-electron chi connectivity index (χ3n) is 4.62. The Bertz CT molecular complexity index is 1290. The lowest BCUT2D eigenvalue weighted by atomic mass is 10.1. The van der Waals surface area contributed by atoms with E-state index >= 15 is 0 Å². The molecule has 4 aromatic rings. The molecule has 0 aliphatic rings. The number of nitrogens with zero attached hydrogens (tertiary/aromatic N) is 1. The second-order valence-corrected chi connectivity index (χ2v) is 9.03. The summed E-state index contributed by atoms with van der Waals surface area (Å²) in [5.74, 6) is -0.444. The SMILES string of the molecule is O=S(=O)(c1ccc(F)cc1)c1nc(-c2ccccc2Cl)oc1NCCc1ccccc1. The van der Waals surface area contributed by atoms with Gasteiger partial charge >= 0.3 is 0 Å². The number of hydrogen-bond acceptors (Lipinski definition) is 5. The highest BCUT2D eigenvalue weighted by Crippen LogP contribution is 2.35. The van der Waals surface area contributed by atoms with Gasteiger partial charge in [-0.2, -0.15) is 4.98 Å². The van der Waals surface area contributed by atoms with Gasteiger partial charge in [0, 0.05) is 6.54 Å². The topological polar surface area (TPSA) is 72.2 Å². The standard InChI is InChI=1S/C23H18ClFN2O3S/c24-20-9-5-4-8-19(20)21-27-23(31(28,29)18-12-10-17(25)11-13-18)22(30-21)26-15-14-16-6-2-1-3-7-16/h1-13,26H,14-15H2. The van der Waals surface area contributed by atoms with Crippen molar-refractivity contribution in [2.75, 3.05) is 11.9 Å². The van der Waals surface area contributed by atoms with E-state index in [1.807, 2.05) is 30.3 Å². The summed E-state index contributed by atoms with van der Waals surface area (Å²) in [6.07, 6.45) is 0.652. The fraction of sp³-hybridized carbons (Fsp3) is 0.0870. The molecule has 0 spiro atoms. The van der Waals surface area contributed by atoms with E-state index in [0.29, 0.717) is 23.6 Å². The summed E-state index contributed by atoms with van der Waals surface area (Å²) >= 11 is 6.24. The fourth-order valence-corrected chi connectivity index (χ4v) is 4.54. The number of sulfone groups is 1. The molecule has 3 aromatic carbocycles. The zero-order valence-corrected chi connectivity index (χ0v) is 17.8. The first-order chi connectivity index (χ1) is 14.9. The molecule has 31 heavy (non-hydrogen) atoms. The van der Waals surface area contributed by atoms with Crippen LogP contribution in [0.4, 0.5) is 10.3 Å². The van der Waals surface area contributed by atoms with Gasteiger partial charge in [-0.1, -0.05) is 54.1 Å². The lowest BCUT2D eigenvalue weighted by molar-refractivity contribution is 0.576. The number of hydrogen-bond donors (Lipinski definition) is 1. The van der Waals surface area contributed by atoms with Gasteiger partial charge in [0.1, 0.15) is 5.82 Å². The van der Waals surface area contributed by atoms with Gasteiger partial charge in [0.05, 0.1) is 15.5 Å². The van der Waals surface area contributed by atoms with Gasteiger partial charge in [-0.05, 0) is 48.4 Å². The Hall–Kier alpha value is -3.16. The van der Waals surface area contributed by atoms with Gasteiger partial charge in [-0.3, -0.25) is 0 Å². The van der Waals surface area contributed by atoms with Crippen molar-refractivity contribution < 1.29 is 17.2 Å². The van der Waals surface area contributed by atoms with Gasteiger partial charge in [-0.25, -0.2) is 12.8 Å². The van der Waals surface area contributed by atoms with Crippen LogP contribution in [0.2, 0.25) is 5.02 Å². The average molecular weight is 457 g/mol. The molecular weight excluding hydrogens is 439 g/mol. The molecule has 0 atom stereocenters. The first kappa shape index (κ1) is 21.1. The molecule has 1 aromatic heterocycles. The molecule has 0 aliphatic heterocycles. The summed E-state index contributed by atoms with van der Waals surface area (Å²) in [7, 11) is -4.06. The van der Waals surface area contributed by atoms with Crippen LogP contribution in [0.3, 0.4) is 0 Å². The van der Waals surface area contributed by atoms with Crippen LogP contribution < -0.4 is 5.32 Å². The summed E-state index contributed by atoms with van der Waals surface area (Å²) in [6, 6.07) is 21.2. The van der Waals surface area contributed by atoms with Crippen molar-refractivity contribution in [2.45, 2.75) is 16.3 Å². The molecule has 0 radical (unpaired) electrons. The molecule has 0 fully saturated rings. The monoisotopic (exact) mass is 456 g/mol. The lowest BCUT2D eigenvalue weighted by Gasteiger charge is -2.06. The van der Waals surface area contributed by atoms with Crippen molar-refractivity contribution in [1.82, 2.24) is 4.98 Å². The Morgan fingerprint density at radius 1 is 0.935 bits per heavy atom. The lowest BCUT2D eigenvalue weighted by Crippen LogP contribution is -2.09. The van der Waals surface area contributed by atoms with Gasteiger partial charge in [0.25, 0.3) is 0 Å². The molecule has 8 heteroatoms. The van der Waals surface area contributed by atoms with Crippen LogP contribution >= 0.6 is 11.6 Å². The maximum atomic E-state index is 13.3. The van der Waals surface area contributed by atoms with E-state index in [-0.39, 0.29) is 21.7 Å². The molecule has 4 rings (SSSR count). The van der Waals surface area contributed by atoms with Crippen molar-refractivity contribution in [3.8, 4) is 11.5 Å². The largest absolute Gasteiger partial charge is 0.419 e. The predicted molar refractivity (Wildman–Crippen MR) is 117 cm³/mol. The molecule has 0 aliphatic carbocycles. The molecule has 0 amide bonds. The van der Waals surface area contributed by atoms with Crippen LogP contribution in [0.5, 0.6) is 0 Å². The molecule has 158 valence electrons. The van der Waals surface area contributed by atoms with Crippen molar-refractivity contribution in [1.29, 1.82) is 0 Å². The minimum Gasteiger partial charge on any atom is -0.419 e. The van der Waals surface area contributed by atoms with Crippen LogP contribution in [-0.4, -0.2) is 19.9 Å². The van der Waals surface area contributed by atoms with Crippen LogP contribution in [0, 0.1) is 5.82 Å². The van der Waals surface area contributed by atoms with E-state index in [9.17, 15) is 12.8 Å². The third-order valence-corrected chi connectivity index (χ3v) is 6.63. The normalized spacial score (nSPS) is 11.4. The summed E-state index contributed by atoms with van der Waals surface area (Å²) in [4.78, 5) is 4.16. The summed E-state index contributed by atoms with van der Waals surface area (Å²) in [6.45, 7) is 0.424. The second-order valence-electron chi connectivity index (χ2n) is 6.75. The maximum absolute atomic E-state index is 13.3. The molecule has 0 unspecified atom stereocenters. The Kier molecular flexibility index (Phi) is 6.06. The van der Waals surface area contributed by atoms with E-state index in [4.69, 9.17) is 16.0 Å². The van der Waals surface area contributed by atoms with Crippen molar-refractivity contribution in [2.24, 2.45) is 0 Å². The van der Waals surface area contributed by atoms with Crippen LogP contribution in [0.1, 0.15) is 5.56 Å². The van der Waals surface area contributed by atoms with E-state index in [0.717, 1.165) is 17.7 Å². The Morgan fingerprint density at radius 3 is 2.32 bits per heavy atom. The van der Waals surface area contributed by atoms with E-state index in [1.165, 1.54) is 12.1 Å². The molecule has 0 saturated carbocycles. The number of rotatable bonds is 7. The Balaban J connectivity index is 1.71. The predicted octanol–water partition coefficient (Wildman–Crippen LogP) is 5.62. The minimum atomic E-state index is -4.06. The number of oxazole rings is 1. The van der Waals surface area contributed by atoms with Crippen molar-refractivity contribution >= 4 is 27.3 Å².